The summed E-state index contributed by atoms with van der Waals surface area (Å²) in [4.78, 5) is 0. The van der Waals surface area contributed by atoms with Crippen molar-refractivity contribution < 1.29 is 4.55 Å². The molecule has 1 fully saturated rings. The van der Waals surface area contributed by atoms with Gasteiger partial charge in [-0.25, -0.2) is 4.31 Å². The van der Waals surface area contributed by atoms with E-state index >= 15 is 0 Å². The van der Waals surface area contributed by atoms with Crippen LogP contribution in [0.1, 0.15) is 26.7 Å². The summed E-state index contributed by atoms with van der Waals surface area (Å²) in [5.74, 6) is 0. The summed E-state index contributed by atoms with van der Waals surface area (Å²) in [6, 6.07) is 1.12. The smallest absolute Gasteiger partial charge is 0.0795 e. The van der Waals surface area contributed by atoms with Gasteiger partial charge in [-0.2, -0.15) is 0 Å². The molecule has 0 aliphatic heterocycles. The van der Waals surface area contributed by atoms with Crippen LogP contribution in [0.5, 0.6) is 0 Å². The third-order valence-corrected chi connectivity index (χ3v) is 2.42. The van der Waals surface area contributed by atoms with E-state index in [-0.39, 0.29) is 0 Å². The third kappa shape index (κ3) is 1.85. The minimum atomic E-state index is 0.465. The lowest BCUT2D eigenvalue weighted by molar-refractivity contribution is 0.366. The van der Waals surface area contributed by atoms with E-state index in [1.165, 1.54) is 12.8 Å². The van der Waals surface area contributed by atoms with Crippen LogP contribution < -0.4 is 0 Å². The van der Waals surface area contributed by atoms with Gasteiger partial charge in [-0.3, -0.25) is 0 Å². The quantitative estimate of drug-likeness (QED) is 0.487. The van der Waals surface area contributed by atoms with Crippen molar-refractivity contribution in [1.29, 1.82) is 0 Å². The Balaban J connectivity index is 2.28. The molecular formula is C6H13NOS. The van der Waals surface area contributed by atoms with E-state index in [1.807, 2.05) is 4.31 Å². The van der Waals surface area contributed by atoms with E-state index in [2.05, 4.69) is 13.8 Å². The molecule has 0 radical (unpaired) electrons. The van der Waals surface area contributed by atoms with Crippen LogP contribution in [0.4, 0.5) is 0 Å². The first kappa shape index (κ1) is 7.38. The van der Waals surface area contributed by atoms with Gasteiger partial charge in [-0.15, -0.1) is 0 Å². The lowest BCUT2D eigenvalue weighted by Gasteiger charge is -2.20. The zero-order valence-electron chi connectivity index (χ0n) is 5.87. The Kier molecular flexibility index (Phi) is 2.38. The molecule has 0 amide bonds. The Labute approximate surface area is 60.6 Å². The summed E-state index contributed by atoms with van der Waals surface area (Å²) in [6.45, 7) is 4.20. The topological polar surface area (TPSA) is 23.5 Å². The van der Waals surface area contributed by atoms with E-state index in [0.29, 0.717) is 12.1 Å². The molecular weight excluding hydrogens is 134 g/mol. The molecule has 1 aliphatic carbocycles. The number of hydrogen-bond donors (Lipinski definition) is 1. The summed E-state index contributed by atoms with van der Waals surface area (Å²) in [5, 5.41) is 0. The summed E-state index contributed by atoms with van der Waals surface area (Å²) < 4.78 is 10.8. The molecule has 2 nitrogen and oxygen atoms in total. The molecule has 1 N–H and O–H groups in total. The Bertz CT molecular complexity index is 91.1. The van der Waals surface area contributed by atoms with E-state index in [9.17, 15) is 0 Å². The molecule has 0 bridgehead atoms. The molecule has 0 spiro atoms. The van der Waals surface area contributed by atoms with Gasteiger partial charge in [0, 0.05) is 12.1 Å². The number of nitrogens with zero attached hydrogens (tertiary/aromatic N) is 1. The summed E-state index contributed by atoms with van der Waals surface area (Å²) in [7, 11) is 0. The maximum atomic E-state index is 8.75. The first-order valence-electron chi connectivity index (χ1n) is 3.35. The van der Waals surface area contributed by atoms with Crippen LogP contribution >= 0.6 is 12.2 Å². The summed E-state index contributed by atoms with van der Waals surface area (Å²) in [6.07, 6.45) is 2.51. The zero-order valence-corrected chi connectivity index (χ0v) is 6.69. The van der Waals surface area contributed by atoms with Crippen molar-refractivity contribution in [2.24, 2.45) is 0 Å². The SMILES string of the molecule is CC(C)N(SO)C1CC1. The van der Waals surface area contributed by atoms with E-state index < -0.39 is 0 Å². The summed E-state index contributed by atoms with van der Waals surface area (Å²) in [5.41, 5.74) is 0. The van der Waals surface area contributed by atoms with Gasteiger partial charge in [0.05, 0.1) is 12.2 Å². The molecule has 0 atom stereocenters. The van der Waals surface area contributed by atoms with Crippen LogP contribution in [0, 0.1) is 0 Å². The highest BCUT2D eigenvalue weighted by atomic mass is 32.2. The largest absolute Gasteiger partial charge is 0.317 e. The van der Waals surface area contributed by atoms with Gasteiger partial charge in [-0.1, -0.05) is 0 Å². The average molecular weight is 147 g/mol. The molecule has 1 rings (SSSR count). The van der Waals surface area contributed by atoms with Gasteiger partial charge in [-0.05, 0) is 26.7 Å². The number of rotatable bonds is 3. The molecule has 0 aromatic heterocycles. The van der Waals surface area contributed by atoms with Crippen molar-refractivity contribution in [2.75, 3.05) is 0 Å². The van der Waals surface area contributed by atoms with E-state index in [4.69, 9.17) is 4.55 Å². The van der Waals surface area contributed by atoms with E-state index in [1.54, 1.807) is 0 Å². The van der Waals surface area contributed by atoms with Crippen molar-refractivity contribution in [3.8, 4) is 0 Å². The lowest BCUT2D eigenvalue weighted by Crippen LogP contribution is -2.25. The van der Waals surface area contributed by atoms with Crippen molar-refractivity contribution in [2.45, 2.75) is 38.8 Å². The van der Waals surface area contributed by atoms with Crippen LogP contribution in [-0.4, -0.2) is 20.9 Å². The molecule has 3 heteroatoms. The van der Waals surface area contributed by atoms with Crippen LogP contribution in [0.15, 0.2) is 0 Å². The molecule has 0 heterocycles. The second-order valence-electron chi connectivity index (χ2n) is 2.77. The van der Waals surface area contributed by atoms with Gasteiger partial charge in [0.1, 0.15) is 0 Å². The molecule has 0 saturated heterocycles. The minimum Gasteiger partial charge on any atom is -0.317 e. The molecule has 54 valence electrons. The standard InChI is InChI=1S/C6H13NOS/c1-5(2)7(9-8)6-3-4-6/h5-6,8H,3-4H2,1-2H3. The van der Waals surface area contributed by atoms with Crippen molar-refractivity contribution in [1.82, 2.24) is 4.31 Å². The second kappa shape index (κ2) is 2.90. The van der Waals surface area contributed by atoms with Crippen molar-refractivity contribution in [3.63, 3.8) is 0 Å². The van der Waals surface area contributed by atoms with Gasteiger partial charge < -0.3 is 4.55 Å². The van der Waals surface area contributed by atoms with Crippen LogP contribution in [-0.2, 0) is 0 Å². The zero-order chi connectivity index (χ0) is 6.85. The fraction of sp³-hybridized carbons (Fsp3) is 1.00. The highest BCUT2D eigenvalue weighted by Crippen LogP contribution is 2.32. The van der Waals surface area contributed by atoms with Crippen molar-refractivity contribution >= 4 is 12.2 Å². The van der Waals surface area contributed by atoms with Gasteiger partial charge >= 0.3 is 0 Å². The Morgan fingerprint density at radius 3 is 2.22 bits per heavy atom. The van der Waals surface area contributed by atoms with Crippen molar-refractivity contribution in [3.05, 3.63) is 0 Å². The minimum absolute atomic E-state index is 0.465. The van der Waals surface area contributed by atoms with Gasteiger partial charge in [0.25, 0.3) is 0 Å². The second-order valence-corrected chi connectivity index (χ2v) is 3.35. The maximum Gasteiger partial charge on any atom is 0.0795 e. The molecule has 0 aromatic carbocycles. The molecule has 1 aliphatic rings. The Morgan fingerprint density at radius 1 is 1.56 bits per heavy atom. The highest BCUT2D eigenvalue weighted by molar-refractivity contribution is 7.91. The Morgan fingerprint density at radius 2 is 2.11 bits per heavy atom. The molecule has 9 heavy (non-hydrogen) atoms. The fourth-order valence-corrected chi connectivity index (χ4v) is 1.44. The lowest BCUT2D eigenvalue weighted by atomic mass is 10.4. The predicted octanol–water partition coefficient (Wildman–Crippen LogP) is 1.98. The molecule has 1 saturated carbocycles. The number of hydrogen-bond acceptors (Lipinski definition) is 3. The highest BCUT2D eigenvalue weighted by Gasteiger charge is 2.30. The molecule has 0 unspecified atom stereocenters. The van der Waals surface area contributed by atoms with Crippen LogP contribution in [0.2, 0.25) is 0 Å². The normalized spacial score (nSPS) is 19.7. The first-order chi connectivity index (χ1) is 4.25. The average Bonchev–Trinajstić information content (AvgIpc) is 2.50. The first-order valence-corrected chi connectivity index (χ1v) is 4.08. The third-order valence-electron chi connectivity index (χ3n) is 1.51. The van der Waals surface area contributed by atoms with Crippen LogP contribution in [0.25, 0.3) is 0 Å². The van der Waals surface area contributed by atoms with Gasteiger partial charge in [0.2, 0.25) is 0 Å². The Hall–Kier alpha value is 0.270. The summed E-state index contributed by atoms with van der Waals surface area (Å²) >= 11 is 0.882. The van der Waals surface area contributed by atoms with Crippen LogP contribution in [0.3, 0.4) is 0 Å². The van der Waals surface area contributed by atoms with Gasteiger partial charge in [0.15, 0.2) is 0 Å². The molecule has 0 aromatic rings. The van der Waals surface area contributed by atoms with E-state index in [0.717, 1.165) is 12.2 Å². The predicted molar refractivity (Wildman–Crippen MR) is 40.2 cm³/mol. The maximum absolute atomic E-state index is 8.75. The monoisotopic (exact) mass is 147 g/mol. The fourth-order valence-electron chi connectivity index (χ4n) is 0.912.